The first-order chi connectivity index (χ1) is 7.04. The Morgan fingerprint density at radius 2 is 2.33 bits per heavy atom. The average Bonchev–Trinajstić information content (AvgIpc) is 2.56. The minimum absolute atomic E-state index is 0.155. The molecule has 0 atom stereocenters. The number of aromatic nitrogens is 1. The van der Waals surface area contributed by atoms with Gasteiger partial charge >= 0.3 is 5.97 Å². The van der Waals surface area contributed by atoms with Crippen LogP contribution in [0.25, 0.3) is 0 Å². The summed E-state index contributed by atoms with van der Waals surface area (Å²) in [7, 11) is 0. The first kappa shape index (κ1) is 11.2. The Labute approximate surface area is 90.1 Å². The molecule has 0 aliphatic rings. The summed E-state index contributed by atoms with van der Waals surface area (Å²) in [5.74, 6) is 0.334. The zero-order chi connectivity index (χ0) is 11.4. The van der Waals surface area contributed by atoms with Crippen molar-refractivity contribution in [2.75, 3.05) is 0 Å². The van der Waals surface area contributed by atoms with Gasteiger partial charge < -0.3 is 10.4 Å². The number of hydrogen-bond donors (Lipinski definition) is 2. The SMILES string of the molecule is C#CC(=O)NCc1nc(C)c(C(=O)O)s1. The number of thiazole rings is 1. The van der Waals surface area contributed by atoms with Gasteiger partial charge in [0.15, 0.2) is 0 Å². The topological polar surface area (TPSA) is 79.3 Å². The number of nitrogens with one attached hydrogen (secondary N) is 1. The predicted octanol–water partition coefficient (Wildman–Crippen LogP) is 0.399. The second kappa shape index (κ2) is 4.57. The fraction of sp³-hybridized carbons (Fsp3) is 0.222. The summed E-state index contributed by atoms with van der Waals surface area (Å²) in [5, 5.41) is 11.7. The van der Waals surface area contributed by atoms with Crippen LogP contribution in [0.4, 0.5) is 0 Å². The Morgan fingerprint density at radius 3 is 2.80 bits per heavy atom. The van der Waals surface area contributed by atoms with Gasteiger partial charge in [0.25, 0.3) is 5.91 Å². The first-order valence-corrected chi connectivity index (χ1v) is 4.80. The summed E-state index contributed by atoms with van der Waals surface area (Å²) in [6, 6.07) is 0. The van der Waals surface area contributed by atoms with Gasteiger partial charge in [-0.05, 0) is 12.8 Å². The highest BCUT2D eigenvalue weighted by atomic mass is 32.1. The molecule has 0 saturated heterocycles. The molecule has 1 aromatic rings. The van der Waals surface area contributed by atoms with E-state index < -0.39 is 11.9 Å². The molecule has 0 unspecified atom stereocenters. The lowest BCUT2D eigenvalue weighted by molar-refractivity contribution is -0.115. The molecule has 0 saturated carbocycles. The fourth-order valence-corrected chi connectivity index (χ4v) is 1.78. The summed E-state index contributed by atoms with van der Waals surface area (Å²) in [6.45, 7) is 1.76. The van der Waals surface area contributed by atoms with E-state index in [1.54, 1.807) is 6.92 Å². The van der Waals surface area contributed by atoms with Crippen LogP contribution in [0.15, 0.2) is 0 Å². The van der Waals surface area contributed by atoms with Crippen molar-refractivity contribution >= 4 is 23.2 Å². The highest BCUT2D eigenvalue weighted by Crippen LogP contribution is 2.17. The number of rotatable bonds is 3. The van der Waals surface area contributed by atoms with Gasteiger partial charge in [-0.15, -0.1) is 17.8 Å². The molecule has 6 heteroatoms. The largest absolute Gasteiger partial charge is 0.477 e. The van der Waals surface area contributed by atoms with E-state index in [1.165, 1.54) is 0 Å². The lowest BCUT2D eigenvalue weighted by atomic mass is 10.4. The molecular formula is C9H8N2O3S. The highest BCUT2D eigenvalue weighted by Gasteiger charge is 2.13. The summed E-state index contributed by atoms with van der Waals surface area (Å²) < 4.78 is 0. The van der Waals surface area contributed by atoms with Gasteiger partial charge in [0, 0.05) is 0 Å². The molecule has 1 rings (SSSR count). The van der Waals surface area contributed by atoms with Crippen LogP contribution in [-0.4, -0.2) is 22.0 Å². The van der Waals surface area contributed by atoms with Crippen molar-refractivity contribution in [1.82, 2.24) is 10.3 Å². The lowest BCUT2D eigenvalue weighted by Gasteiger charge is -1.94. The van der Waals surface area contributed by atoms with Crippen LogP contribution in [0.1, 0.15) is 20.4 Å². The maximum absolute atomic E-state index is 10.7. The number of amides is 1. The van der Waals surface area contributed by atoms with E-state index in [-0.39, 0.29) is 11.4 Å². The van der Waals surface area contributed by atoms with Gasteiger partial charge in [-0.25, -0.2) is 9.78 Å². The smallest absolute Gasteiger partial charge is 0.347 e. The summed E-state index contributed by atoms with van der Waals surface area (Å²) >= 11 is 1.03. The van der Waals surface area contributed by atoms with Crippen molar-refractivity contribution < 1.29 is 14.7 Å². The Kier molecular flexibility index (Phi) is 3.42. The zero-order valence-corrected chi connectivity index (χ0v) is 8.72. The number of hydrogen-bond acceptors (Lipinski definition) is 4. The van der Waals surface area contributed by atoms with Crippen LogP contribution in [0.3, 0.4) is 0 Å². The molecular weight excluding hydrogens is 216 g/mol. The van der Waals surface area contributed by atoms with Crippen LogP contribution >= 0.6 is 11.3 Å². The average molecular weight is 224 g/mol. The van der Waals surface area contributed by atoms with Gasteiger partial charge in [-0.3, -0.25) is 4.79 Å². The quantitative estimate of drug-likeness (QED) is 0.728. The minimum Gasteiger partial charge on any atom is -0.477 e. The second-order valence-corrected chi connectivity index (χ2v) is 3.74. The molecule has 0 fully saturated rings. The summed E-state index contributed by atoms with van der Waals surface area (Å²) in [6.07, 6.45) is 4.85. The molecule has 15 heavy (non-hydrogen) atoms. The van der Waals surface area contributed by atoms with E-state index in [9.17, 15) is 9.59 Å². The van der Waals surface area contributed by atoms with Crippen LogP contribution in [0, 0.1) is 19.3 Å². The number of carboxylic acid groups (broad SMARTS) is 1. The molecule has 0 spiro atoms. The molecule has 0 aliphatic heterocycles. The number of aromatic carboxylic acids is 1. The Morgan fingerprint density at radius 1 is 1.67 bits per heavy atom. The molecule has 2 N–H and O–H groups in total. The zero-order valence-electron chi connectivity index (χ0n) is 7.90. The third kappa shape index (κ3) is 2.79. The Balaban J connectivity index is 2.72. The molecule has 1 amide bonds. The molecule has 0 aliphatic carbocycles. The van der Waals surface area contributed by atoms with Crippen molar-refractivity contribution in [3.05, 3.63) is 15.6 Å². The molecule has 0 bridgehead atoms. The maximum atomic E-state index is 10.7. The van der Waals surface area contributed by atoms with Crippen molar-refractivity contribution in [3.8, 4) is 12.3 Å². The van der Waals surface area contributed by atoms with Crippen molar-refractivity contribution in [3.63, 3.8) is 0 Å². The second-order valence-electron chi connectivity index (χ2n) is 2.65. The first-order valence-electron chi connectivity index (χ1n) is 3.98. The highest BCUT2D eigenvalue weighted by molar-refractivity contribution is 7.13. The molecule has 0 aromatic carbocycles. The number of aryl methyl sites for hydroxylation is 1. The third-order valence-electron chi connectivity index (χ3n) is 1.57. The molecule has 5 nitrogen and oxygen atoms in total. The lowest BCUT2D eigenvalue weighted by Crippen LogP contribution is -2.20. The van der Waals surface area contributed by atoms with Crippen LogP contribution in [0.2, 0.25) is 0 Å². The van der Waals surface area contributed by atoms with E-state index >= 15 is 0 Å². The van der Waals surface area contributed by atoms with Crippen molar-refractivity contribution in [1.29, 1.82) is 0 Å². The van der Waals surface area contributed by atoms with E-state index in [2.05, 4.69) is 10.3 Å². The minimum atomic E-state index is -1.01. The number of nitrogens with zero attached hydrogens (tertiary/aromatic N) is 1. The predicted molar refractivity (Wildman–Crippen MR) is 54.5 cm³/mol. The van der Waals surface area contributed by atoms with E-state index in [4.69, 9.17) is 11.5 Å². The van der Waals surface area contributed by atoms with Crippen molar-refractivity contribution in [2.45, 2.75) is 13.5 Å². The van der Waals surface area contributed by atoms with Crippen LogP contribution in [-0.2, 0) is 11.3 Å². The van der Waals surface area contributed by atoms with Gasteiger partial charge in [0.2, 0.25) is 0 Å². The number of carboxylic acids is 1. The van der Waals surface area contributed by atoms with E-state index in [0.29, 0.717) is 10.7 Å². The number of carbonyl (C=O) groups excluding carboxylic acids is 1. The number of carbonyl (C=O) groups is 2. The fourth-order valence-electron chi connectivity index (χ4n) is 0.933. The molecule has 1 heterocycles. The van der Waals surface area contributed by atoms with E-state index in [1.807, 2.05) is 5.92 Å². The van der Waals surface area contributed by atoms with Crippen LogP contribution in [0.5, 0.6) is 0 Å². The summed E-state index contributed by atoms with van der Waals surface area (Å²) in [4.78, 5) is 25.6. The van der Waals surface area contributed by atoms with Crippen LogP contribution < -0.4 is 5.32 Å². The van der Waals surface area contributed by atoms with Crippen molar-refractivity contribution in [2.24, 2.45) is 0 Å². The monoisotopic (exact) mass is 224 g/mol. The molecule has 0 radical (unpaired) electrons. The van der Waals surface area contributed by atoms with Gasteiger partial charge in [0.1, 0.15) is 9.88 Å². The third-order valence-corrected chi connectivity index (χ3v) is 2.71. The molecule has 1 aromatic heterocycles. The Hall–Kier alpha value is -1.87. The van der Waals surface area contributed by atoms with Gasteiger partial charge in [-0.2, -0.15) is 0 Å². The summed E-state index contributed by atoms with van der Waals surface area (Å²) in [5.41, 5.74) is 0.442. The Bertz CT molecular complexity index is 445. The van der Waals surface area contributed by atoms with E-state index in [0.717, 1.165) is 11.3 Å². The van der Waals surface area contributed by atoms with Gasteiger partial charge in [-0.1, -0.05) is 0 Å². The number of terminal acetylenes is 1. The van der Waals surface area contributed by atoms with Gasteiger partial charge in [0.05, 0.1) is 12.2 Å². The molecule has 78 valence electrons. The normalized spacial score (nSPS) is 9.33. The maximum Gasteiger partial charge on any atom is 0.347 e. The standard InChI is InChI=1S/C9H8N2O3S/c1-3-6(12)10-4-7-11-5(2)8(15-7)9(13)14/h1H,4H2,2H3,(H,10,12)(H,13,14).